The van der Waals surface area contributed by atoms with Crippen LogP contribution in [-0.2, 0) is 6.54 Å². The first-order valence-corrected chi connectivity index (χ1v) is 6.35. The van der Waals surface area contributed by atoms with Gasteiger partial charge in [-0.15, -0.1) is 0 Å². The Labute approximate surface area is 113 Å². The van der Waals surface area contributed by atoms with Gasteiger partial charge in [-0.1, -0.05) is 0 Å². The molecule has 0 unspecified atom stereocenters. The van der Waals surface area contributed by atoms with Crippen molar-refractivity contribution in [3.63, 3.8) is 0 Å². The highest BCUT2D eigenvalue weighted by molar-refractivity contribution is 5.82. The van der Waals surface area contributed by atoms with Crippen molar-refractivity contribution in [2.24, 2.45) is 0 Å². The maximum absolute atomic E-state index is 14.2. The molecule has 2 rings (SSSR count). The summed E-state index contributed by atoms with van der Waals surface area (Å²) in [6, 6.07) is 5.21. The van der Waals surface area contributed by atoms with Crippen LogP contribution >= 0.6 is 0 Å². The molecule has 0 radical (unpaired) electrons. The Balaban J connectivity index is 2.46. The smallest absolute Gasteiger partial charge is 0.151 e. The van der Waals surface area contributed by atoms with E-state index in [4.69, 9.17) is 4.74 Å². The number of methoxy groups -OCH3 is 1. The van der Waals surface area contributed by atoms with Gasteiger partial charge >= 0.3 is 0 Å². The van der Waals surface area contributed by atoms with Gasteiger partial charge < -0.3 is 14.2 Å². The van der Waals surface area contributed by atoms with E-state index in [0.717, 1.165) is 11.9 Å². The molecule has 104 valence electrons. The van der Waals surface area contributed by atoms with Gasteiger partial charge in [0.05, 0.1) is 12.6 Å². The predicted octanol–water partition coefficient (Wildman–Crippen LogP) is 3.13. The Morgan fingerprint density at radius 1 is 1.32 bits per heavy atom. The second-order valence-corrected chi connectivity index (χ2v) is 5.70. The Kier molecular flexibility index (Phi) is 3.54. The molecule has 0 aliphatic heterocycles. The molecule has 0 N–H and O–H groups in total. The number of likely N-dealkylation sites (N-methyl/N-ethyl adjacent to an activating group) is 1. The summed E-state index contributed by atoms with van der Waals surface area (Å²) < 4.78 is 21.2. The lowest BCUT2D eigenvalue weighted by Gasteiger charge is -2.33. The van der Waals surface area contributed by atoms with E-state index in [1.807, 2.05) is 37.0 Å². The van der Waals surface area contributed by atoms with Crippen molar-refractivity contribution >= 4 is 10.9 Å². The summed E-state index contributed by atoms with van der Waals surface area (Å²) in [7, 11) is 5.61. The molecule has 1 heterocycles. The van der Waals surface area contributed by atoms with E-state index in [9.17, 15) is 4.39 Å². The number of ether oxygens (including phenoxy) is 1. The number of hydrogen-bond acceptors (Lipinski definition) is 2. The normalized spacial score (nSPS) is 12.4. The number of hydrogen-bond donors (Lipinski definition) is 0. The fraction of sp³-hybridized carbons (Fsp3) is 0.467. The van der Waals surface area contributed by atoms with Gasteiger partial charge in [0.2, 0.25) is 0 Å². The summed E-state index contributed by atoms with van der Waals surface area (Å²) in [6.07, 6.45) is 1.93. The highest BCUT2D eigenvalue weighted by atomic mass is 19.1. The van der Waals surface area contributed by atoms with E-state index < -0.39 is 0 Å². The van der Waals surface area contributed by atoms with Gasteiger partial charge in [0.25, 0.3) is 0 Å². The zero-order valence-electron chi connectivity index (χ0n) is 12.2. The van der Waals surface area contributed by atoms with Crippen LogP contribution in [-0.4, -0.2) is 36.2 Å². The van der Waals surface area contributed by atoms with Crippen LogP contribution < -0.4 is 4.74 Å². The molecule has 0 aliphatic carbocycles. The van der Waals surface area contributed by atoms with Crippen LogP contribution in [0, 0.1) is 5.82 Å². The fourth-order valence-electron chi connectivity index (χ4n) is 2.08. The van der Waals surface area contributed by atoms with Gasteiger partial charge in [-0.05, 0) is 40.1 Å². The van der Waals surface area contributed by atoms with Crippen LogP contribution in [0.4, 0.5) is 4.39 Å². The van der Waals surface area contributed by atoms with E-state index >= 15 is 0 Å². The molecule has 19 heavy (non-hydrogen) atoms. The summed E-state index contributed by atoms with van der Waals surface area (Å²) in [5.74, 6) is 0.309. The van der Waals surface area contributed by atoms with Crippen molar-refractivity contribution < 1.29 is 9.13 Å². The largest absolute Gasteiger partial charge is 0.497 e. The molecular formula is C15H21FN2O. The quantitative estimate of drug-likeness (QED) is 0.844. The molecule has 1 aromatic carbocycles. The van der Waals surface area contributed by atoms with Crippen molar-refractivity contribution in [1.29, 1.82) is 0 Å². The van der Waals surface area contributed by atoms with Gasteiger partial charge in [-0.3, -0.25) is 0 Å². The zero-order chi connectivity index (χ0) is 14.2. The molecule has 3 nitrogen and oxygen atoms in total. The Hall–Kier alpha value is -1.55. The van der Waals surface area contributed by atoms with Crippen molar-refractivity contribution in [3.05, 3.63) is 30.2 Å². The molecule has 0 spiro atoms. The maximum atomic E-state index is 14.2. The third kappa shape index (κ3) is 2.59. The van der Waals surface area contributed by atoms with Gasteiger partial charge in [-0.2, -0.15) is 0 Å². The fourth-order valence-corrected chi connectivity index (χ4v) is 2.08. The van der Waals surface area contributed by atoms with Crippen LogP contribution in [0.3, 0.4) is 0 Å². The highest BCUT2D eigenvalue weighted by Gasteiger charge is 2.22. The second-order valence-electron chi connectivity index (χ2n) is 5.70. The van der Waals surface area contributed by atoms with Crippen LogP contribution in [0.25, 0.3) is 10.9 Å². The third-order valence-electron chi connectivity index (χ3n) is 3.79. The number of fused-ring (bicyclic) bond motifs is 1. The topological polar surface area (TPSA) is 17.4 Å². The summed E-state index contributed by atoms with van der Waals surface area (Å²) in [4.78, 5) is 2.14. The Morgan fingerprint density at radius 3 is 2.58 bits per heavy atom. The number of halogens is 1. The van der Waals surface area contributed by atoms with Gasteiger partial charge in [0.1, 0.15) is 5.75 Å². The standard InChI is InChI=1S/C15H21FN2O/c1-15(2,17(3)4)10-18-7-6-11-8-12(19-5)9-13(16)14(11)18/h6-9H,10H2,1-5H3. The number of nitrogens with zero attached hydrogens (tertiary/aromatic N) is 2. The van der Waals surface area contributed by atoms with E-state index in [2.05, 4.69) is 18.7 Å². The molecular weight excluding hydrogens is 243 g/mol. The minimum absolute atomic E-state index is 0.0433. The molecule has 0 saturated carbocycles. The van der Waals surface area contributed by atoms with E-state index in [1.165, 1.54) is 6.07 Å². The van der Waals surface area contributed by atoms with Gasteiger partial charge in [-0.25, -0.2) is 4.39 Å². The minimum atomic E-state index is -0.242. The third-order valence-corrected chi connectivity index (χ3v) is 3.79. The average molecular weight is 264 g/mol. The van der Waals surface area contributed by atoms with Crippen molar-refractivity contribution in [2.75, 3.05) is 21.2 Å². The monoisotopic (exact) mass is 264 g/mol. The van der Waals surface area contributed by atoms with Crippen molar-refractivity contribution in [2.45, 2.75) is 25.9 Å². The van der Waals surface area contributed by atoms with E-state index in [0.29, 0.717) is 11.3 Å². The lowest BCUT2D eigenvalue weighted by Crippen LogP contribution is -2.41. The molecule has 0 bridgehead atoms. The molecule has 0 saturated heterocycles. The highest BCUT2D eigenvalue weighted by Crippen LogP contribution is 2.27. The molecule has 0 aliphatic rings. The van der Waals surface area contributed by atoms with Crippen molar-refractivity contribution in [3.8, 4) is 5.75 Å². The number of aromatic nitrogens is 1. The number of rotatable bonds is 4. The summed E-state index contributed by atoms with van der Waals surface area (Å²) >= 11 is 0. The number of benzene rings is 1. The maximum Gasteiger partial charge on any atom is 0.151 e. The Bertz CT molecular complexity index is 587. The SMILES string of the molecule is COc1cc(F)c2c(ccn2CC(C)(C)N(C)C)c1. The Morgan fingerprint density at radius 2 is 2.00 bits per heavy atom. The molecule has 0 amide bonds. The predicted molar refractivity (Wildman–Crippen MR) is 76.2 cm³/mol. The molecule has 2 aromatic rings. The molecule has 4 heteroatoms. The lowest BCUT2D eigenvalue weighted by atomic mass is 10.0. The van der Waals surface area contributed by atoms with Crippen LogP contribution in [0.5, 0.6) is 5.75 Å². The summed E-state index contributed by atoms with van der Waals surface area (Å²) in [5, 5.41) is 0.867. The first kappa shape index (κ1) is 13.9. The summed E-state index contributed by atoms with van der Waals surface area (Å²) in [6.45, 7) is 5.01. The average Bonchev–Trinajstić information content (AvgIpc) is 2.71. The van der Waals surface area contributed by atoms with Crippen LogP contribution in [0.2, 0.25) is 0 Å². The zero-order valence-corrected chi connectivity index (χ0v) is 12.2. The van der Waals surface area contributed by atoms with Crippen molar-refractivity contribution in [1.82, 2.24) is 9.47 Å². The van der Waals surface area contributed by atoms with E-state index in [1.54, 1.807) is 7.11 Å². The lowest BCUT2D eigenvalue weighted by molar-refractivity contribution is 0.171. The first-order chi connectivity index (χ1) is 8.85. The molecule has 0 atom stereocenters. The second kappa shape index (κ2) is 4.85. The van der Waals surface area contributed by atoms with Crippen LogP contribution in [0.15, 0.2) is 24.4 Å². The first-order valence-electron chi connectivity index (χ1n) is 6.35. The minimum Gasteiger partial charge on any atom is -0.497 e. The molecule has 0 fully saturated rings. The van der Waals surface area contributed by atoms with Gasteiger partial charge in [0.15, 0.2) is 5.82 Å². The van der Waals surface area contributed by atoms with Gasteiger partial charge in [0, 0.05) is 29.7 Å². The molecule has 1 aromatic heterocycles. The van der Waals surface area contributed by atoms with E-state index in [-0.39, 0.29) is 11.4 Å². The van der Waals surface area contributed by atoms with Crippen LogP contribution in [0.1, 0.15) is 13.8 Å². The summed E-state index contributed by atoms with van der Waals surface area (Å²) in [5.41, 5.74) is 0.592.